The van der Waals surface area contributed by atoms with Crippen LogP contribution in [-0.4, -0.2) is 48.6 Å². The molecule has 0 bridgehead atoms. The molecule has 0 saturated heterocycles. The topological polar surface area (TPSA) is 123 Å². The van der Waals surface area contributed by atoms with Crippen LogP contribution < -0.4 is 16.0 Å². The highest BCUT2D eigenvalue weighted by molar-refractivity contribution is 5.94. The molecular formula is C26H33N3O6. The smallest absolute Gasteiger partial charge is 0.408 e. The fourth-order valence-corrected chi connectivity index (χ4v) is 3.25. The van der Waals surface area contributed by atoms with Crippen LogP contribution in [0.2, 0.25) is 0 Å². The summed E-state index contributed by atoms with van der Waals surface area (Å²) in [5, 5.41) is 7.78. The zero-order valence-corrected chi connectivity index (χ0v) is 20.5. The predicted molar refractivity (Wildman–Crippen MR) is 130 cm³/mol. The first-order valence-corrected chi connectivity index (χ1v) is 11.4. The lowest BCUT2D eigenvalue weighted by molar-refractivity contribution is -0.144. The van der Waals surface area contributed by atoms with Gasteiger partial charge in [0.2, 0.25) is 11.8 Å². The Morgan fingerprint density at radius 3 is 2.00 bits per heavy atom. The van der Waals surface area contributed by atoms with E-state index in [0.717, 1.165) is 11.1 Å². The molecule has 0 aromatic heterocycles. The summed E-state index contributed by atoms with van der Waals surface area (Å²) in [5.41, 5.74) is 0.429. The quantitative estimate of drug-likeness (QED) is 0.422. The van der Waals surface area contributed by atoms with E-state index in [0.29, 0.717) is 6.42 Å². The second kappa shape index (κ2) is 13.1. The summed E-state index contributed by atoms with van der Waals surface area (Å²) in [6, 6.07) is 16.9. The molecule has 0 aliphatic rings. The van der Waals surface area contributed by atoms with Gasteiger partial charge in [-0.1, -0.05) is 60.7 Å². The average Bonchev–Trinajstić information content (AvgIpc) is 2.86. The van der Waals surface area contributed by atoms with E-state index in [4.69, 9.17) is 4.74 Å². The van der Waals surface area contributed by atoms with Crippen LogP contribution in [0.5, 0.6) is 0 Å². The first-order valence-electron chi connectivity index (χ1n) is 11.4. The molecule has 0 aliphatic carbocycles. The van der Waals surface area contributed by atoms with Crippen LogP contribution in [0.25, 0.3) is 0 Å². The van der Waals surface area contributed by atoms with Gasteiger partial charge in [0.1, 0.15) is 24.2 Å². The van der Waals surface area contributed by atoms with Crippen LogP contribution in [0, 0.1) is 0 Å². The van der Waals surface area contributed by atoms with Gasteiger partial charge in [0.05, 0.1) is 7.11 Å². The summed E-state index contributed by atoms with van der Waals surface area (Å²) < 4.78 is 9.91. The Hall–Kier alpha value is -3.88. The predicted octanol–water partition coefficient (Wildman–Crippen LogP) is 2.49. The van der Waals surface area contributed by atoms with Crippen molar-refractivity contribution in [3.63, 3.8) is 0 Å². The highest BCUT2D eigenvalue weighted by Gasteiger charge is 2.37. The number of rotatable bonds is 11. The first kappa shape index (κ1) is 27.4. The van der Waals surface area contributed by atoms with Crippen molar-refractivity contribution >= 4 is 23.9 Å². The van der Waals surface area contributed by atoms with Gasteiger partial charge in [0.25, 0.3) is 0 Å². The van der Waals surface area contributed by atoms with Crippen molar-refractivity contribution in [1.82, 2.24) is 16.0 Å². The number of nitrogens with one attached hydrogen (secondary N) is 3. The summed E-state index contributed by atoms with van der Waals surface area (Å²) in [4.78, 5) is 49.8. The van der Waals surface area contributed by atoms with Gasteiger partial charge < -0.3 is 25.4 Å². The Morgan fingerprint density at radius 1 is 0.857 bits per heavy atom. The van der Waals surface area contributed by atoms with Crippen molar-refractivity contribution in [2.45, 2.75) is 57.8 Å². The molecule has 0 unspecified atom stereocenters. The van der Waals surface area contributed by atoms with E-state index in [1.165, 1.54) is 21.0 Å². The van der Waals surface area contributed by atoms with Gasteiger partial charge in [-0.25, -0.2) is 9.59 Å². The summed E-state index contributed by atoms with van der Waals surface area (Å²) in [6.07, 6.45) is 0.0100. The van der Waals surface area contributed by atoms with Gasteiger partial charge in [-0.2, -0.15) is 0 Å². The number of methoxy groups -OCH3 is 1. The molecule has 0 radical (unpaired) electrons. The third kappa shape index (κ3) is 8.77. The third-order valence-electron chi connectivity index (χ3n) is 5.50. The first-order chi connectivity index (χ1) is 16.6. The van der Waals surface area contributed by atoms with Gasteiger partial charge in [-0.15, -0.1) is 0 Å². The van der Waals surface area contributed by atoms with E-state index >= 15 is 0 Å². The summed E-state index contributed by atoms with van der Waals surface area (Å²) in [5.74, 6) is -1.72. The minimum atomic E-state index is -1.37. The molecule has 2 rings (SSSR count). The van der Waals surface area contributed by atoms with Crippen molar-refractivity contribution in [2.75, 3.05) is 7.11 Å². The molecule has 3 amide bonds. The zero-order valence-electron chi connectivity index (χ0n) is 20.5. The van der Waals surface area contributed by atoms with E-state index in [1.807, 2.05) is 60.7 Å². The molecule has 9 nitrogen and oxygen atoms in total. The number of alkyl carbamates (subject to hydrolysis) is 1. The molecule has 3 N–H and O–H groups in total. The molecule has 2 aromatic carbocycles. The van der Waals surface area contributed by atoms with Crippen molar-refractivity contribution < 1.29 is 28.7 Å². The lowest BCUT2D eigenvalue weighted by Gasteiger charge is -2.30. The third-order valence-corrected chi connectivity index (χ3v) is 5.50. The Morgan fingerprint density at radius 2 is 1.43 bits per heavy atom. The van der Waals surface area contributed by atoms with Crippen LogP contribution in [-0.2, 0) is 36.9 Å². The molecule has 0 spiro atoms. The Bertz CT molecular complexity index is 999. The second-order valence-corrected chi connectivity index (χ2v) is 8.45. The molecule has 188 valence electrons. The molecule has 0 fully saturated rings. The fourth-order valence-electron chi connectivity index (χ4n) is 3.25. The number of carbonyl (C=O) groups excluding carboxylic acids is 4. The van der Waals surface area contributed by atoms with Crippen molar-refractivity contribution in [3.05, 3.63) is 71.8 Å². The van der Waals surface area contributed by atoms with Gasteiger partial charge in [-0.05, 0) is 44.7 Å². The maximum atomic E-state index is 13.2. The minimum absolute atomic E-state index is 0.0489. The van der Waals surface area contributed by atoms with E-state index in [9.17, 15) is 19.2 Å². The lowest BCUT2D eigenvalue weighted by Crippen LogP contribution is -2.60. The van der Waals surface area contributed by atoms with E-state index in [-0.39, 0.29) is 13.0 Å². The number of aryl methyl sites for hydroxylation is 1. The monoisotopic (exact) mass is 483 g/mol. The van der Waals surface area contributed by atoms with E-state index in [2.05, 4.69) is 20.7 Å². The minimum Gasteiger partial charge on any atom is -0.467 e. The largest absolute Gasteiger partial charge is 0.467 e. The number of hydrogen-bond donors (Lipinski definition) is 3. The highest BCUT2D eigenvalue weighted by Crippen LogP contribution is 2.16. The Kier molecular flexibility index (Phi) is 10.3. The summed E-state index contributed by atoms with van der Waals surface area (Å²) in [7, 11) is 1.22. The lowest BCUT2D eigenvalue weighted by atomic mass is 9.92. The highest BCUT2D eigenvalue weighted by atomic mass is 16.5. The Labute approximate surface area is 205 Å². The molecule has 3 atom stereocenters. The average molecular weight is 484 g/mol. The van der Waals surface area contributed by atoms with Gasteiger partial charge in [0, 0.05) is 0 Å². The van der Waals surface area contributed by atoms with Crippen molar-refractivity contribution in [1.29, 1.82) is 0 Å². The maximum absolute atomic E-state index is 13.2. The van der Waals surface area contributed by atoms with Crippen molar-refractivity contribution in [2.24, 2.45) is 0 Å². The van der Waals surface area contributed by atoms with Crippen LogP contribution in [0.15, 0.2) is 60.7 Å². The zero-order chi connectivity index (χ0) is 25.8. The Balaban J connectivity index is 2.07. The van der Waals surface area contributed by atoms with Crippen LogP contribution >= 0.6 is 0 Å². The summed E-state index contributed by atoms with van der Waals surface area (Å²) >= 11 is 0. The molecule has 0 saturated carbocycles. The van der Waals surface area contributed by atoms with E-state index < -0.39 is 41.5 Å². The molecule has 2 aromatic rings. The maximum Gasteiger partial charge on any atom is 0.408 e. The summed E-state index contributed by atoms with van der Waals surface area (Å²) in [6.45, 7) is 4.60. The molecular weight excluding hydrogens is 450 g/mol. The van der Waals surface area contributed by atoms with E-state index in [1.54, 1.807) is 6.92 Å². The molecule has 0 heterocycles. The van der Waals surface area contributed by atoms with Gasteiger partial charge in [-0.3, -0.25) is 9.59 Å². The van der Waals surface area contributed by atoms with Crippen molar-refractivity contribution in [3.8, 4) is 0 Å². The standard InChI is InChI=1S/C26H33N3O6/c1-18(22(30)27-19(2)23(31)34-4)28-24(32)26(3,16-15-20-11-7-5-8-12-20)29-25(33)35-17-21-13-9-6-10-14-21/h5-14,18-19H,15-17H2,1-4H3,(H,27,30)(H,28,32)(H,29,33)/t18-,19-,26-/m0/s1. The van der Waals surface area contributed by atoms with Crippen LogP contribution in [0.1, 0.15) is 38.3 Å². The number of esters is 1. The second-order valence-electron chi connectivity index (χ2n) is 8.45. The van der Waals surface area contributed by atoms with Gasteiger partial charge >= 0.3 is 12.1 Å². The normalized spacial score (nSPS) is 13.9. The van der Waals surface area contributed by atoms with Gasteiger partial charge in [0.15, 0.2) is 0 Å². The molecule has 9 heteroatoms. The number of ether oxygens (including phenoxy) is 2. The number of hydrogen-bond acceptors (Lipinski definition) is 6. The SMILES string of the molecule is COC(=O)[C@H](C)NC(=O)[C@H](C)NC(=O)[C@](C)(CCc1ccccc1)NC(=O)OCc1ccccc1. The fraction of sp³-hybridized carbons (Fsp3) is 0.385. The molecule has 35 heavy (non-hydrogen) atoms. The number of carbonyl (C=O) groups is 4. The van der Waals surface area contributed by atoms with Crippen LogP contribution in [0.4, 0.5) is 4.79 Å². The number of amides is 3. The molecule has 0 aliphatic heterocycles. The number of benzene rings is 2. The van der Waals surface area contributed by atoms with Crippen LogP contribution in [0.3, 0.4) is 0 Å².